The second-order valence-electron chi connectivity index (χ2n) is 14.5. The van der Waals surface area contributed by atoms with Crippen molar-refractivity contribution in [3.8, 4) is 23.0 Å². The first kappa shape index (κ1) is 41.8. The van der Waals surface area contributed by atoms with Crippen LogP contribution in [-0.4, -0.2) is 26.4 Å². The summed E-state index contributed by atoms with van der Waals surface area (Å²) in [5, 5.41) is 4.37. The molecule has 0 heterocycles. The molecule has 50 heavy (non-hydrogen) atoms. The lowest BCUT2D eigenvalue weighted by atomic mass is 9.99. The van der Waals surface area contributed by atoms with E-state index < -0.39 is 0 Å². The number of fused-ring (bicyclic) bond motifs is 2. The summed E-state index contributed by atoms with van der Waals surface area (Å²) in [6.45, 7) is 12.0. The highest BCUT2D eigenvalue weighted by Crippen LogP contribution is 2.45. The average molecular weight is 691 g/mol. The van der Waals surface area contributed by atoms with Gasteiger partial charge in [0.15, 0.2) is 0 Å². The Morgan fingerprint density at radius 2 is 0.580 bits per heavy atom. The molecule has 0 aliphatic rings. The van der Waals surface area contributed by atoms with Crippen molar-refractivity contribution in [2.45, 2.75) is 182 Å². The number of hydrogen-bond acceptors (Lipinski definition) is 4. The molecule has 3 rings (SSSR count). The van der Waals surface area contributed by atoms with Crippen LogP contribution >= 0.6 is 0 Å². The fraction of sp³-hybridized carbons (Fsp3) is 0.696. The lowest BCUT2D eigenvalue weighted by Gasteiger charge is -2.20. The van der Waals surface area contributed by atoms with E-state index in [2.05, 4.69) is 64.1 Å². The van der Waals surface area contributed by atoms with Crippen LogP contribution in [0.3, 0.4) is 0 Å². The molecule has 0 aliphatic carbocycles. The number of rotatable bonds is 32. The third-order valence-electron chi connectivity index (χ3n) is 9.98. The van der Waals surface area contributed by atoms with Crippen LogP contribution in [0.1, 0.15) is 182 Å². The number of benzene rings is 3. The topological polar surface area (TPSA) is 36.9 Å². The van der Waals surface area contributed by atoms with Crippen LogP contribution in [0.2, 0.25) is 0 Å². The Balaban J connectivity index is 1.87. The van der Waals surface area contributed by atoms with E-state index in [-0.39, 0.29) is 0 Å². The second kappa shape index (κ2) is 27.1. The van der Waals surface area contributed by atoms with Crippen molar-refractivity contribution >= 4 is 21.5 Å². The minimum Gasteiger partial charge on any atom is -0.494 e. The lowest BCUT2D eigenvalue weighted by molar-refractivity contribution is 0.300. The summed E-state index contributed by atoms with van der Waals surface area (Å²) in [4.78, 5) is 0. The molecule has 0 unspecified atom stereocenters. The minimum absolute atomic E-state index is 0.716. The molecule has 3 aromatic rings. The van der Waals surface area contributed by atoms with Gasteiger partial charge in [0, 0.05) is 21.5 Å². The molecule has 0 radical (unpaired) electrons. The third-order valence-corrected chi connectivity index (χ3v) is 9.98. The number of ether oxygens (including phenoxy) is 4. The highest BCUT2D eigenvalue weighted by molar-refractivity contribution is 6.11. The molecule has 0 aromatic heterocycles. The molecular formula is C46H74O4. The van der Waals surface area contributed by atoms with Gasteiger partial charge in [0.05, 0.1) is 26.4 Å². The molecule has 3 aromatic carbocycles. The van der Waals surface area contributed by atoms with Crippen LogP contribution in [0, 0.1) is 0 Å². The largest absolute Gasteiger partial charge is 0.494 e. The summed E-state index contributed by atoms with van der Waals surface area (Å²) in [5.41, 5.74) is 0. The summed E-state index contributed by atoms with van der Waals surface area (Å²) in [6.07, 6.45) is 30.0. The summed E-state index contributed by atoms with van der Waals surface area (Å²) in [6, 6.07) is 13.0. The van der Waals surface area contributed by atoms with Crippen LogP contribution in [0.25, 0.3) is 21.5 Å². The Kier molecular flexibility index (Phi) is 22.6. The number of unbranched alkanes of at least 4 members (excludes halogenated alkanes) is 20. The fourth-order valence-electron chi connectivity index (χ4n) is 6.86. The molecule has 4 nitrogen and oxygen atoms in total. The van der Waals surface area contributed by atoms with Gasteiger partial charge in [-0.25, -0.2) is 0 Å². The van der Waals surface area contributed by atoms with E-state index in [0.717, 1.165) is 83.4 Å². The fourth-order valence-corrected chi connectivity index (χ4v) is 6.86. The summed E-state index contributed by atoms with van der Waals surface area (Å²) in [7, 11) is 0. The molecule has 0 atom stereocenters. The van der Waals surface area contributed by atoms with E-state index in [9.17, 15) is 0 Å². The quantitative estimate of drug-likeness (QED) is 0.0483. The summed E-state index contributed by atoms with van der Waals surface area (Å²) in [5.74, 6) is 3.72. The van der Waals surface area contributed by atoms with E-state index in [4.69, 9.17) is 18.9 Å². The molecular weight excluding hydrogens is 617 g/mol. The summed E-state index contributed by atoms with van der Waals surface area (Å²) < 4.78 is 26.2. The van der Waals surface area contributed by atoms with Crippen LogP contribution < -0.4 is 18.9 Å². The van der Waals surface area contributed by atoms with Gasteiger partial charge in [0.2, 0.25) is 0 Å². The van der Waals surface area contributed by atoms with Crippen molar-refractivity contribution in [3.05, 3.63) is 36.4 Å². The highest BCUT2D eigenvalue weighted by atomic mass is 16.5. The maximum atomic E-state index is 6.74. The van der Waals surface area contributed by atoms with Crippen molar-refractivity contribution in [2.75, 3.05) is 26.4 Å². The average Bonchev–Trinajstić information content (AvgIpc) is 3.13. The molecule has 0 amide bonds. The Morgan fingerprint density at radius 1 is 0.300 bits per heavy atom. The molecule has 0 bridgehead atoms. The Bertz CT molecular complexity index is 1180. The molecule has 0 saturated heterocycles. The smallest absolute Gasteiger partial charge is 0.135 e. The zero-order valence-electron chi connectivity index (χ0n) is 32.9. The lowest BCUT2D eigenvalue weighted by Crippen LogP contribution is -2.04. The van der Waals surface area contributed by atoms with Crippen LogP contribution in [0.5, 0.6) is 23.0 Å². The Hall–Kier alpha value is -2.62. The molecule has 0 N–H and O–H groups in total. The van der Waals surface area contributed by atoms with E-state index in [1.165, 1.54) is 128 Å². The first-order valence-electron chi connectivity index (χ1n) is 21.3. The van der Waals surface area contributed by atoms with Gasteiger partial charge in [-0.3, -0.25) is 0 Å². The number of hydrogen-bond donors (Lipinski definition) is 0. The first-order chi connectivity index (χ1) is 24.7. The van der Waals surface area contributed by atoms with Gasteiger partial charge in [0.1, 0.15) is 23.0 Å². The van der Waals surface area contributed by atoms with E-state index in [1.807, 2.05) is 0 Å². The van der Waals surface area contributed by atoms with Crippen molar-refractivity contribution in [1.29, 1.82) is 0 Å². The zero-order valence-corrected chi connectivity index (χ0v) is 32.9. The van der Waals surface area contributed by atoms with Crippen molar-refractivity contribution in [1.82, 2.24) is 0 Å². The molecule has 0 fully saturated rings. The Labute approximate surface area is 307 Å². The van der Waals surface area contributed by atoms with E-state index in [1.54, 1.807) is 0 Å². The van der Waals surface area contributed by atoms with Gasteiger partial charge in [-0.05, 0) is 62.1 Å². The van der Waals surface area contributed by atoms with Gasteiger partial charge in [-0.1, -0.05) is 156 Å². The molecule has 0 saturated carbocycles. The van der Waals surface area contributed by atoms with Gasteiger partial charge in [0.25, 0.3) is 0 Å². The maximum Gasteiger partial charge on any atom is 0.135 e. The van der Waals surface area contributed by atoms with Gasteiger partial charge >= 0.3 is 0 Å². The predicted molar refractivity (Wildman–Crippen MR) is 217 cm³/mol. The molecule has 282 valence electrons. The molecule has 4 heteroatoms. The SMILES string of the molecule is CCCCCCCCOc1ccc2c(OCCCCCCCC)c3cc(OCCCCCCCC)ccc3c(OCCCCCCCC)c2c1. The van der Waals surface area contributed by atoms with Gasteiger partial charge < -0.3 is 18.9 Å². The van der Waals surface area contributed by atoms with Gasteiger partial charge in [-0.2, -0.15) is 0 Å². The van der Waals surface area contributed by atoms with Crippen molar-refractivity contribution in [3.63, 3.8) is 0 Å². The van der Waals surface area contributed by atoms with Crippen LogP contribution in [0.15, 0.2) is 36.4 Å². The Morgan fingerprint density at radius 3 is 0.900 bits per heavy atom. The normalized spacial score (nSPS) is 11.4. The third kappa shape index (κ3) is 15.7. The van der Waals surface area contributed by atoms with Crippen LogP contribution in [0.4, 0.5) is 0 Å². The molecule has 0 spiro atoms. The van der Waals surface area contributed by atoms with Crippen molar-refractivity contribution in [2.24, 2.45) is 0 Å². The zero-order chi connectivity index (χ0) is 35.5. The standard InChI is InChI=1S/C46H74O4/c1-5-9-13-17-21-25-33-47-39-29-31-41-43(37-39)45(49-35-27-23-19-15-11-7-3)42-32-30-40(48-34-26-22-18-14-10-6-2)38-44(42)46(41)50-36-28-24-20-16-12-8-4/h29-32,37-38H,5-28,33-36H2,1-4H3. The predicted octanol–water partition coefficient (Wildman–Crippen LogP) is 15.0. The second-order valence-corrected chi connectivity index (χ2v) is 14.5. The van der Waals surface area contributed by atoms with Crippen molar-refractivity contribution < 1.29 is 18.9 Å². The maximum absolute atomic E-state index is 6.74. The minimum atomic E-state index is 0.716. The van der Waals surface area contributed by atoms with E-state index >= 15 is 0 Å². The first-order valence-corrected chi connectivity index (χ1v) is 21.3. The monoisotopic (exact) mass is 691 g/mol. The van der Waals surface area contributed by atoms with Gasteiger partial charge in [-0.15, -0.1) is 0 Å². The van der Waals surface area contributed by atoms with Crippen LogP contribution in [-0.2, 0) is 0 Å². The highest BCUT2D eigenvalue weighted by Gasteiger charge is 2.18. The summed E-state index contributed by atoms with van der Waals surface area (Å²) >= 11 is 0. The molecule has 0 aliphatic heterocycles. The van der Waals surface area contributed by atoms with E-state index in [0.29, 0.717) is 13.2 Å².